The van der Waals surface area contributed by atoms with Gasteiger partial charge in [0.25, 0.3) is 0 Å². The number of aliphatic hydroxyl groups is 1. The van der Waals surface area contributed by atoms with Crippen LogP contribution in [-0.2, 0) is 6.42 Å². The van der Waals surface area contributed by atoms with Crippen molar-refractivity contribution >= 4 is 0 Å². The number of hydrogen-bond acceptors (Lipinski definition) is 3. The average molecular weight is 233 g/mol. The highest BCUT2D eigenvalue weighted by Crippen LogP contribution is 2.20. The van der Waals surface area contributed by atoms with Gasteiger partial charge in [-0.3, -0.25) is 4.98 Å². The van der Waals surface area contributed by atoms with E-state index in [9.17, 15) is 14.6 Å². The Morgan fingerprint density at radius 2 is 2.06 bits per heavy atom. The topological polar surface area (TPSA) is 53.4 Å². The molecule has 1 heterocycles. The Hall–Kier alpha value is -1.94. The third-order valence-corrected chi connectivity index (χ3v) is 2.44. The Labute approximate surface area is 98.2 Å². The summed E-state index contributed by atoms with van der Waals surface area (Å²) in [6, 6.07) is 9.23. The van der Waals surface area contributed by atoms with E-state index in [0.29, 0.717) is 0 Å². The van der Waals surface area contributed by atoms with E-state index in [-0.39, 0.29) is 17.9 Å². The molecule has 4 heteroatoms. The van der Waals surface area contributed by atoms with Gasteiger partial charge in [-0.25, -0.2) is 4.39 Å². The highest BCUT2D eigenvalue weighted by Gasteiger charge is 2.14. The molecule has 1 atom stereocenters. The largest absolute Gasteiger partial charge is 0.508 e. The number of nitrogens with zero attached hydrogens (tertiary/aromatic N) is 1. The molecule has 0 aliphatic rings. The van der Waals surface area contributed by atoms with Crippen LogP contribution in [0.5, 0.6) is 5.75 Å². The van der Waals surface area contributed by atoms with Gasteiger partial charge in [0.05, 0.1) is 0 Å². The molecule has 0 spiro atoms. The van der Waals surface area contributed by atoms with Gasteiger partial charge in [-0.1, -0.05) is 12.1 Å². The SMILES string of the molecule is Oc1cccc(CC(O)c2ncccc2F)c1. The summed E-state index contributed by atoms with van der Waals surface area (Å²) in [6.07, 6.45) is 0.630. The van der Waals surface area contributed by atoms with Crippen LogP contribution >= 0.6 is 0 Å². The van der Waals surface area contributed by atoms with Crippen LogP contribution in [-0.4, -0.2) is 15.2 Å². The molecule has 0 fully saturated rings. The van der Waals surface area contributed by atoms with E-state index in [0.717, 1.165) is 5.56 Å². The first-order chi connectivity index (χ1) is 8.16. The number of pyridine rings is 1. The Bertz CT molecular complexity index is 516. The molecule has 0 bridgehead atoms. The maximum Gasteiger partial charge on any atom is 0.147 e. The monoisotopic (exact) mass is 233 g/mol. The first-order valence-corrected chi connectivity index (χ1v) is 5.23. The standard InChI is InChI=1S/C13H12FNO2/c14-11-5-2-6-15-13(11)12(17)8-9-3-1-4-10(16)7-9/h1-7,12,16-17H,8H2. The lowest BCUT2D eigenvalue weighted by Crippen LogP contribution is -2.06. The first kappa shape index (κ1) is 11.5. The molecule has 0 saturated heterocycles. The van der Waals surface area contributed by atoms with E-state index in [4.69, 9.17) is 0 Å². The molecule has 1 aromatic heterocycles. The fourth-order valence-corrected chi connectivity index (χ4v) is 1.65. The van der Waals surface area contributed by atoms with Crippen molar-refractivity contribution < 1.29 is 14.6 Å². The predicted molar refractivity (Wildman–Crippen MR) is 61.0 cm³/mol. The van der Waals surface area contributed by atoms with E-state index in [1.807, 2.05) is 0 Å². The van der Waals surface area contributed by atoms with Crippen molar-refractivity contribution in [3.8, 4) is 5.75 Å². The smallest absolute Gasteiger partial charge is 0.147 e. The van der Waals surface area contributed by atoms with Crippen LogP contribution in [0.2, 0.25) is 0 Å². The number of phenols is 1. The van der Waals surface area contributed by atoms with Gasteiger partial charge in [0, 0.05) is 12.6 Å². The molecule has 1 unspecified atom stereocenters. The minimum absolute atomic E-state index is 0.0239. The van der Waals surface area contributed by atoms with E-state index in [2.05, 4.69) is 4.98 Å². The third kappa shape index (κ3) is 2.79. The molecule has 3 nitrogen and oxygen atoms in total. The summed E-state index contributed by atoms with van der Waals surface area (Å²) in [7, 11) is 0. The minimum Gasteiger partial charge on any atom is -0.508 e. The van der Waals surface area contributed by atoms with E-state index in [1.54, 1.807) is 12.1 Å². The van der Waals surface area contributed by atoms with Gasteiger partial charge in [0.15, 0.2) is 0 Å². The summed E-state index contributed by atoms with van der Waals surface area (Å²) in [6.45, 7) is 0. The highest BCUT2D eigenvalue weighted by atomic mass is 19.1. The lowest BCUT2D eigenvalue weighted by Gasteiger charge is -2.10. The van der Waals surface area contributed by atoms with Gasteiger partial charge in [0.2, 0.25) is 0 Å². The van der Waals surface area contributed by atoms with Crippen molar-refractivity contribution in [2.24, 2.45) is 0 Å². The predicted octanol–water partition coefficient (Wildman–Crippen LogP) is 2.20. The van der Waals surface area contributed by atoms with Gasteiger partial charge in [-0.05, 0) is 29.8 Å². The molecular formula is C13H12FNO2. The van der Waals surface area contributed by atoms with Crippen molar-refractivity contribution in [2.45, 2.75) is 12.5 Å². The van der Waals surface area contributed by atoms with E-state index >= 15 is 0 Å². The normalized spacial score (nSPS) is 12.4. The number of phenolic OH excluding ortho intramolecular Hbond substituents is 1. The molecule has 2 N–H and O–H groups in total. The summed E-state index contributed by atoms with van der Waals surface area (Å²) in [5, 5.41) is 19.1. The lowest BCUT2D eigenvalue weighted by molar-refractivity contribution is 0.168. The fourth-order valence-electron chi connectivity index (χ4n) is 1.65. The Kier molecular flexibility index (Phi) is 3.35. The van der Waals surface area contributed by atoms with Crippen LogP contribution in [0.4, 0.5) is 4.39 Å². The van der Waals surface area contributed by atoms with Crippen LogP contribution in [0.25, 0.3) is 0 Å². The number of aromatic nitrogens is 1. The average Bonchev–Trinajstić information content (AvgIpc) is 2.29. The van der Waals surface area contributed by atoms with Crippen LogP contribution in [0, 0.1) is 5.82 Å². The van der Waals surface area contributed by atoms with Gasteiger partial charge in [-0.2, -0.15) is 0 Å². The Morgan fingerprint density at radius 3 is 2.76 bits per heavy atom. The number of rotatable bonds is 3. The summed E-state index contributed by atoms with van der Waals surface area (Å²) < 4.78 is 13.4. The number of aromatic hydroxyl groups is 1. The fraction of sp³-hybridized carbons (Fsp3) is 0.154. The van der Waals surface area contributed by atoms with Gasteiger partial charge in [0.1, 0.15) is 23.4 Å². The zero-order valence-electron chi connectivity index (χ0n) is 9.05. The van der Waals surface area contributed by atoms with Crippen molar-refractivity contribution in [1.29, 1.82) is 0 Å². The van der Waals surface area contributed by atoms with Crippen molar-refractivity contribution in [3.05, 3.63) is 59.7 Å². The van der Waals surface area contributed by atoms with Crippen molar-refractivity contribution in [2.75, 3.05) is 0 Å². The number of benzene rings is 1. The number of aliphatic hydroxyl groups excluding tert-OH is 1. The summed E-state index contributed by atoms with van der Waals surface area (Å²) in [5.41, 5.74) is 0.749. The van der Waals surface area contributed by atoms with Gasteiger partial charge >= 0.3 is 0 Å². The molecule has 2 aromatic rings. The van der Waals surface area contributed by atoms with E-state index < -0.39 is 11.9 Å². The summed E-state index contributed by atoms with van der Waals surface area (Å²) >= 11 is 0. The molecular weight excluding hydrogens is 221 g/mol. The second-order valence-corrected chi connectivity index (χ2v) is 3.76. The van der Waals surface area contributed by atoms with Crippen LogP contribution < -0.4 is 0 Å². The zero-order chi connectivity index (χ0) is 12.3. The molecule has 0 aliphatic heterocycles. The van der Waals surface area contributed by atoms with Crippen LogP contribution in [0.1, 0.15) is 17.4 Å². The second-order valence-electron chi connectivity index (χ2n) is 3.76. The van der Waals surface area contributed by atoms with Gasteiger partial charge in [-0.15, -0.1) is 0 Å². The molecule has 2 rings (SSSR count). The third-order valence-electron chi connectivity index (χ3n) is 2.44. The minimum atomic E-state index is -1.02. The van der Waals surface area contributed by atoms with Gasteiger partial charge < -0.3 is 10.2 Å². The molecule has 0 amide bonds. The molecule has 0 aliphatic carbocycles. The molecule has 88 valence electrons. The zero-order valence-corrected chi connectivity index (χ0v) is 9.05. The summed E-state index contributed by atoms with van der Waals surface area (Å²) in [5.74, 6) is -0.406. The van der Waals surface area contributed by atoms with Crippen molar-refractivity contribution in [1.82, 2.24) is 4.98 Å². The maximum atomic E-state index is 13.4. The summed E-state index contributed by atoms with van der Waals surface area (Å²) in [4.78, 5) is 3.81. The van der Waals surface area contributed by atoms with Crippen LogP contribution in [0.3, 0.4) is 0 Å². The number of hydrogen-bond donors (Lipinski definition) is 2. The molecule has 1 aromatic carbocycles. The number of halogens is 1. The Balaban J connectivity index is 2.17. The highest BCUT2D eigenvalue weighted by molar-refractivity contribution is 5.28. The van der Waals surface area contributed by atoms with Crippen molar-refractivity contribution in [3.63, 3.8) is 0 Å². The first-order valence-electron chi connectivity index (χ1n) is 5.23. The molecule has 0 saturated carbocycles. The quantitative estimate of drug-likeness (QED) is 0.854. The Morgan fingerprint density at radius 1 is 1.24 bits per heavy atom. The van der Waals surface area contributed by atoms with Crippen LogP contribution in [0.15, 0.2) is 42.6 Å². The van der Waals surface area contributed by atoms with E-state index in [1.165, 1.54) is 30.5 Å². The molecule has 0 radical (unpaired) electrons. The maximum absolute atomic E-state index is 13.4. The second kappa shape index (κ2) is 4.93. The lowest BCUT2D eigenvalue weighted by atomic mass is 10.0. The molecule has 17 heavy (non-hydrogen) atoms.